The molecule has 17 heavy (non-hydrogen) atoms. The molecule has 1 aromatic carbocycles. The summed E-state index contributed by atoms with van der Waals surface area (Å²) in [5.41, 5.74) is 0.200. The molecular weight excluding hydrogens is 220 g/mol. The molecule has 94 valence electrons. The Hall–Kier alpha value is -0.960. The van der Waals surface area contributed by atoms with E-state index < -0.39 is 11.6 Å². The Morgan fingerprint density at radius 3 is 2.41 bits per heavy atom. The van der Waals surface area contributed by atoms with Crippen molar-refractivity contribution in [2.45, 2.75) is 51.1 Å². The first-order chi connectivity index (χ1) is 8.16. The third-order valence-corrected chi connectivity index (χ3v) is 3.45. The minimum Gasteiger partial charge on any atom is -0.311 e. The molecule has 0 radical (unpaired) electrons. The second-order valence-electron chi connectivity index (χ2n) is 4.95. The Morgan fingerprint density at radius 1 is 1.24 bits per heavy atom. The van der Waals surface area contributed by atoms with Gasteiger partial charge in [0.25, 0.3) is 0 Å². The summed E-state index contributed by atoms with van der Waals surface area (Å²) in [5, 5.41) is 3.45. The van der Waals surface area contributed by atoms with Crippen LogP contribution in [0.15, 0.2) is 18.2 Å². The molecule has 1 aromatic rings. The molecule has 1 atom stereocenters. The Bertz CT molecular complexity index is 352. The molecule has 1 unspecified atom stereocenters. The fourth-order valence-electron chi connectivity index (χ4n) is 2.59. The van der Waals surface area contributed by atoms with Crippen molar-refractivity contribution in [3.05, 3.63) is 35.4 Å². The van der Waals surface area contributed by atoms with E-state index in [0.29, 0.717) is 12.5 Å². The van der Waals surface area contributed by atoms with Gasteiger partial charge in [-0.15, -0.1) is 0 Å². The van der Waals surface area contributed by atoms with Gasteiger partial charge in [0.1, 0.15) is 11.6 Å². The monoisotopic (exact) mass is 239 g/mol. The first-order valence-electron chi connectivity index (χ1n) is 6.35. The van der Waals surface area contributed by atoms with Crippen molar-refractivity contribution in [1.29, 1.82) is 0 Å². The third-order valence-electron chi connectivity index (χ3n) is 3.45. The van der Waals surface area contributed by atoms with Gasteiger partial charge >= 0.3 is 0 Å². The van der Waals surface area contributed by atoms with E-state index in [4.69, 9.17) is 0 Å². The highest BCUT2D eigenvalue weighted by atomic mass is 19.1. The molecule has 1 aliphatic carbocycles. The van der Waals surface area contributed by atoms with E-state index in [1.807, 2.05) is 6.92 Å². The van der Waals surface area contributed by atoms with E-state index in [-0.39, 0.29) is 11.6 Å². The predicted molar refractivity (Wildman–Crippen MR) is 64.9 cm³/mol. The number of rotatable bonds is 4. The van der Waals surface area contributed by atoms with Gasteiger partial charge < -0.3 is 5.32 Å². The molecule has 2 rings (SSSR count). The number of halogens is 2. The van der Waals surface area contributed by atoms with Crippen LogP contribution in [0.5, 0.6) is 0 Å². The lowest BCUT2D eigenvalue weighted by Gasteiger charge is -2.19. The molecule has 0 aromatic heterocycles. The van der Waals surface area contributed by atoms with Crippen LogP contribution in [0.3, 0.4) is 0 Å². The van der Waals surface area contributed by atoms with Crippen molar-refractivity contribution in [2.75, 3.05) is 0 Å². The van der Waals surface area contributed by atoms with E-state index in [9.17, 15) is 8.78 Å². The zero-order chi connectivity index (χ0) is 12.3. The van der Waals surface area contributed by atoms with Crippen LogP contribution in [0.2, 0.25) is 0 Å². The topological polar surface area (TPSA) is 12.0 Å². The molecule has 3 heteroatoms. The smallest absolute Gasteiger partial charge is 0.129 e. The van der Waals surface area contributed by atoms with Gasteiger partial charge in [-0.3, -0.25) is 0 Å². The molecule has 1 aliphatic rings. The first-order valence-corrected chi connectivity index (χ1v) is 6.35. The predicted octanol–water partition coefficient (Wildman–Crippen LogP) is 3.43. The SMILES string of the molecule is CC(Cc1c(F)cccc1F)NC1CCCC1. The van der Waals surface area contributed by atoms with Gasteiger partial charge in [-0.2, -0.15) is 0 Å². The average molecular weight is 239 g/mol. The van der Waals surface area contributed by atoms with Crippen LogP contribution in [0.25, 0.3) is 0 Å². The lowest BCUT2D eigenvalue weighted by atomic mass is 10.0. The molecule has 1 N–H and O–H groups in total. The highest BCUT2D eigenvalue weighted by Crippen LogP contribution is 2.19. The Balaban J connectivity index is 1.95. The lowest BCUT2D eigenvalue weighted by Crippen LogP contribution is -2.36. The average Bonchev–Trinajstić information content (AvgIpc) is 2.76. The van der Waals surface area contributed by atoms with Crippen molar-refractivity contribution < 1.29 is 8.78 Å². The van der Waals surface area contributed by atoms with Crippen LogP contribution in [0, 0.1) is 11.6 Å². The standard InChI is InChI=1S/C14H19F2N/c1-10(17-11-5-2-3-6-11)9-12-13(15)7-4-8-14(12)16/h4,7-8,10-11,17H,2-3,5-6,9H2,1H3. The molecule has 1 fully saturated rings. The van der Waals surface area contributed by atoms with Crippen LogP contribution in [0.4, 0.5) is 8.78 Å². The number of hydrogen-bond donors (Lipinski definition) is 1. The summed E-state index contributed by atoms with van der Waals surface area (Å²) in [6.45, 7) is 1.99. The summed E-state index contributed by atoms with van der Waals surface area (Å²) in [5.74, 6) is -0.879. The van der Waals surface area contributed by atoms with E-state index >= 15 is 0 Å². The number of nitrogens with one attached hydrogen (secondary N) is 1. The van der Waals surface area contributed by atoms with E-state index in [1.54, 1.807) is 0 Å². The Morgan fingerprint density at radius 2 is 1.82 bits per heavy atom. The molecule has 0 spiro atoms. The minimum absolute atomic E-state index is 0.115. The summed E-state index contributed by atoms with van der Waals surface area (Å²) in [4.78, 5) is 0. The third kappa shape index (κ3) is 3.25. The molecule has 0 saturated heterocycles. The molecule has 0 amide bonds. The molecular formula is C14H19F2N. The Labute approximate surface area is 101 Å². The van der Waals surface area contributed by atoms with Gasteiger partial charge in [0.15, 0.2) is 0 Å². The van der Waals surface area contributed by atoms with Crippen molar-refractivity contribution in [3.63, 3.8) is 0 Å². The second-order valence-corrected chi connectivity index (χ2v) is 4.95. The zero-order valence-corrected chi connectivity index (χ0v) is 10.2. The van der Waals surface area contributed by atoms with Gasteiger partial charge in [-0.25, -0.2) is 8.78 Å². The maximum absolute atomic E-state index is 13.5. The van der Waals surface area contributed by atoms with Gasteiger partial charge in [-0.1, -0.05) is 18.9 Å². The summed E-state index contributed by atoms with van der Waals surface area (Å²) < 4.78 is 26.9. The Kier molecular flexibility index (Phi) is 4.11. The quantitative estimate of drug-likeness (QED) is 0.848. The van der Waals surface area contributed by atoms with Gasteiger partial charge in [0.2, 0.25) is 0 Å². The normalized spacial score (nSPS) is 18.5. The van der Waals surface area contributed by atoms with Crippen molar-refractivity contribution in [3.8, 4) is 0 Å². The van der Waals surface area contributed by atoms with E-state index in [0.717, 1.165) is 0 Å². The second kappa shape index (κ2) is 5.58. The molecule has 1 saturated carbocycles. The van der Waals surface area contributed by atoms with E-state index in [2.05, 4.69) is 5.32 Å². The maximum Gasteiger partial charge on any atom is 0.129 e. The summed E-state index contributed by atoms with van der Waals surface area (Å²) in [6, 6.07) is 4.69. The zero-order valence-electron chi connectivity index (χ0n) is 10.2. The van der Waals surface area contributed by atoms with Gasteiger partial charge in [0.05, 0.1) is 0 Å². The van der Waals surface area contributed by atoms with Crippen LogP contribution < -0.4 is 5.32 Å². The fourth-order valence-corrected chi connectivity index (χ4v) is 2.59. The number of benzene rings is 1. The molecule has 0 aliphatic heterocycles. The van der Waals surface area contributed by atoms with Crippen molar-refractivity contribution in [1.82, 2.24) is 5.32 Å². The fraction of sp³-hybridized carbons (Fsp3) is 0.571. The van der Waals surface area contributed by atoms with Crippen LogP contribution in [-0.4, -0.2) is 12.1 Å². The largest absolute Gasteiger partial charge is 0.311 e. The first kappa shape index (κ1) is 12.5. The molecule has 0 heterocycles. The molecule has 1 nitrogen and oxygen atoms in total. The maximum atomic E-state index is 13.5. The summed E-state index contributed by atoms with van der Waals surface area (Å²) in [7, 11) is 0. The summed E-state index contributed by atoms with van der Waals surface area (Å²) >= 11 is 0. The highest BCUT2D eigenvalue weighted by Gasteiger charge is 2.18. The van der Waals surface area contributed by atoms with Crippen LogP contribution in [-0.2, 0) is 6.42 Å². The summed E-state index contributed by atoms with van der Waals surface area (Å²) in [6.07, 6.45) is 5.31. The van der Waals surface area contributed by atoms with Gasteiger partial charge in [0, 0.05) is 17.6 Å². The highest BCUT2D eigenvalue weighted by molar-refractivity contribution is 5.20. The minimum atomic E-state index is -0.440. The van der Waals surface area contributed by atoms with Crippen LogP contribution in [0.1, 0.15) is 38.2 Å². The van der Waals surface area contributed by atoms with Crippen LogP contribution >= 0.6 is 0 Å². The van der Waals surface area contributed by atoms with Crippen molar-refractivity contribution >= 4 is 0 Å². The lowest BCUT2D eigenvalue weighted by molar-refractivity contribution is 0.435. The van der Waals surface area contributed by atoms with Gasteiger partial charge in [-0.05, 0) is 38.3 Å². The number of hydrogen-bond acceptors (Lipinski definition) is 1. The molecule has 0 bridgehead atoms. The van der Waals surface area contributed by atoms with Crippen molar-refractivity contribution in [2.24, 2.45) is 0 Å². The van der Waals surface area contributed by atoms with E-state index in [1.165, 1.54) is 43.9 Å².